The summed E-state index contributed by atoms with van der Waals surface area (Å²) < 4.78 is 16.3. The quantitative estimate of drug-likeness (QED) is 0.370. The Hall–Kier alpha value is -2.77. The van der Waals surface area contributed by atoms with Gasteiger partial charge in [-0.05, 0) is 75.6 Å². The first kappa shape index (κ1) is 22.0. The summed E-state index contributed by atoms with van der Waals surface area (Å²) in [5.74, 6) is -0.290. The smallest absolute Gasteiger partial charge is 0.251 e. The molecule has 0 radical (unpaired) electrons. The van der Waals surface area contributed by atoms with Crippen LogP contribution in [-0.4, -0.2) is 45.4 Å². The third-order valence-corrected chi connectivity index (χ3v) is 7.77. The molecule has 0 unspecified atom stereocenters. The first-order valence-corrected chi connectivity index (χ1v) is 12.5. The molecule has 1 saturated heterocycles. The fraction of sp³-hybridized carbons (Fsp3) is 0.385. The molecular formula is C26H29FN4OS. The van der Waals surface area contributed by atoms with Gasteiger partial charge in [0.05, 0.1) is 15.9 Å². The monoisotopic (exact) mass is 464 g/mol. The summed E-state index contributed by atoms with van der Waals surface area (Å²) in [6.07, 6.45) is 6.78. The summed E-state index contributed by atoms with van der Waals surface area (Å²) in [5.41, 5.74) is 3.37. The fourth-order valence-corrected chi connectivity index (χ4v) is 5.93. The van der Waals surface area contributed by atoms with Crippen molar-refractivity contribution in [1.82, 2.24) is 19.6 Å². The van der Waals surface area contributed by atoms with Gasteiger partial charge in [-0.3, -0.25) is 14.1 Å². The SMILES string of the molecule is C[C@@H]1CCC[C@@H](C)N1CCCNC(=O)c1ccc2c(c1)sc1nc(-c3ccc(F)cc3)cn12. The highest BCUT2D eigenvalue weighted by Crippen LogP contribution is 2.30. The van der Waals surface area contributed by atoms with Gasteiger partial charge in [0.15, 0.2) is 4.96 Å². The van der Waals surface area contributed by atoms with Crippen LogP contribution in [0.3, 0.4) is 0 Å². The Kier molecular flexibility index (Phi) is 6.17. The molecule has 2 atom stereocenters. The van der Waals surface area contributed by atoms with Crippen molar-refractivity contribution >= 4 is 32.4 Å². The molecule has 4 aromatic rings. The second-order valence-corrected chi connectivity index (χ2v) is 10.1. The Balaban J connectivity index is 1.24. The van der Waals surface area contributed by atoms with Gasteiger partial charge >= 0.3 is 0 Å². The van der Waals surface area contributed by atoms with E-state index in [1.54, 1.807) is 23.5 Å². The number of nitrogens with one attached hydrogen (secondary N) is 1. The van der Waals surface area contributed by atoms with Gasteiger partial charge in [-0.25, -0.2) is 9.37 Å². The van der Waals surface area contributed by atoms with E-state index < -0.39 is 0 Å². The molecule has 1 N–H and O–H groups in total. The number of likely N-dealkylation sites (tertiary alicyclic amines) is 1. The van der Waals surface area contributed by atoms with Crippen molar-refractivity contribution in [3.05, 3.63) is 60.0 Å². The van der Waals surface area contributed by atoms with Crippen LogP contribution >= 0.6 is 11.3 Å². The van der Waals surface area contributed by atoms with Crippen LogP contribution in [0.1, 0.15) is 49.9 Å². The topological polar surface area (TPSA) is 49.6 Å². The molecule has 7 heteroatoms. The number of imidazole rings is 1. The number of hydrogen-bond donors (Lipinski definition) is 1. The molecule has 172 valence electrons. The second-order valence-electron chi connectivity index (χ2n) is 9.05. The molecule has 1 aliphatic heterocycles. The number of halogens is 1. The largest absolute Gasteiger partial charge is 0.352 e. The minimum atomic E-state index is -0.258. The van der Waals surface area contributed by atoms with Gasteiger partial charge in [0.25, 0.3) is 5.91 Å². The molecule has 3 heterocycles. The lowest BCUT2D eigenvalue weighted by molar-refractivity contribution is 0.0925. The summed E-state index contributed by atoms with van der Waals surface area (Å²) in [6.45, 7) is 6.33. The predicted octanol–water partition coefficient (Wildman–Crippen LogP) is 5.74. The van der Waals surface area contributed by atoms with Gasteiger partial charge in [0, 0.05) is 42.5 Å². The zero-order valence-corrected chi connectivity index (χ0v) is 19.9. The van der Waals surface area contributed by atoms with Crippen molar-refractivity contribution in [1.29, 1.82) is 0 Å². The van der Waals surface area contributed by atoms with E-state index in [2.05, 4.69) is 24.1 Å². The predicted molar refractivity (Wildman–Crippen MR) is 132 cm³/mol. The summed E-state index contributed by atoms with van der Waals surface area (Å²) in [5, 5.41) is 3.08. The maximum atomic E-state index is 13.2. The summed E-state index contributed by atoms with van der Waals surface area (Å²) in [6, 6.07) is 13.4. The Morgan fingerprint density at radius 2 is 1.91 bits per heavy atom. The maximum Gasteiger partial charge on any atom is 0.251 e. The molecule has 0 bridgehead atoms. The standard InChI is InChI=1S/C26H29FN4OS/c1-17-5-3-6-18(2)30(17)14-4-13-28-25(32)20-9-12-23-24(15-20)33-26-29-22(16-31(23)26)19-7-10-21(27)11-8-19/h7-12,15-18H,3-6,13-14H2,1-2H3,(H,28,32)/t17-,18-/m1/s1. The van der Waals surface area contributed by atoms with Crippen LogP contribution in [-0.2, 0) is 0 Å². The average molecular weight is 465 g/mol. The third-order valence-electron chi connectivity index (χ3n) is 6.75. The molecule has 1 aliphatic rings. The maximum absolute atomic E-state index is 13.2. The highest BCUT2D eigenvalue weighted by atomic mass is 32.1. The molecule has 0 aliphatic carbocycles. The number of aromatic nitrogens is 2. The van der Waals surface area contributed by atoms with E-state index in [4.69, 9.17) is 4.98 Å². The van der Waals surface area contributed by atoms with Gasteiger partial charge in [0.1, 0.15) is 5.82 Å². The van der Waals surface area contributed by atoms with Gasteiger partial charge in [0.2, 0.25) is 0 Å². The van der Waals surface area contributed by atoms with Crippen molar-refractivity contribution in [3.63, 3.8) is 0 Å². The minimum Gasteiger partial charge on any atom is -0.352 e. The van der Waals surface area contributed by atoms with E-state index in [1.807, 2.05) is 28.8 Å². The minimum absolute atomic E-state index is 0.0327. The van der Waals surface area contributed by atoms with Gasteiger partial charge in [-0.15, -0.1) is 0 Å². The van der Waals surface area contributed by atoms with Gasteiger partial charge in [-0.1, -0.05) is 17.8 Å². The van der Waals surface area contributed by atoms with Crippen molar-refractivity contribution in [3.8, 4) is 11.3 Å². The molecule has 2 aromatic carbocycles. The number of rotatable bonds is 6. The molecular weight excluding hydrogens is 435 g/mol. The van der Waals surface area contributed by atoms with Crippen LogP contribution in [0.4, 0.5) is 4.39 Å². The number of benzene rings is 2. The molecule has 0 saturated carbocycles. The molecule has 33 heavy (non-hydrogen) atoms. The van der Waals surface area contributed by atoms with Gasteiger partial charge < -0.3 is 5.32 Å². The van der Waals surface area contributed by atoms with E-state index in [0.29, 0.717) is 24.2 Å². The number of carbonyl (C=O) groups is 1. The van der Waals surface area contributed by atoms with E-state index in [1.165, 1.54) is 31.4 Å². The highest BCUT2D eigenvalue weighted by molar-refractivity contribution is 7.23. The molecule has 2 aromatic heterocycles. The molecule has 1 amide bonds. The number of fused-ring (bicyclic) bond motifs is 3. The number of piperidine rings is 1. The number of amides is 1. The summed E-state index contributed by atoms with van der Waals surface area (Å²) >= 11 is 1.55. The van der Waals surface area contributed by atoms with Crippen molar-refractivity contribution in [2.24, 2.45) is 0 Å². The molecule has 1 fully saturated rings. The first-order valence-electron chi connectivity index (χ1n) is 11.7. The molecule has 0 spiro atoms. The Morgan fingerprint density at radius 3 is 2.67 bits per heavy atom. The van der Waals surface area contributed by atoms with E-state index in [-0.39, 0.29) is 11.7 Å². The van der Waals surface area contributed by atoms with Crippen molar-refractivity contribution < 1.29 is 9.18 Å². The fourth-order valence-electron chi connectivity index (χ4n) is 4.88. The average Bonchev–Trinajstić information content (AvgIpc) is 3.36. The Bertz CT molecular complexity index is 1270. The summed E-state index contributed by atoms with van der Waals surface area (Å²) in [4.78, 5) is 20.8. The lowest BCUT2D eigenvalue weighted by Crippen LogP contribution is -2.44. The Labute approximate surface area is 197 Å². The highest BCUT2D eigenvalue weighted by Gasteiger charge is 2.23. The van der Waals surface area contributed by atoms with Crippen LogP contribution in [0, 0.1) is 5.82 Å². The Morgan fingerprint density at radius 1 is 1.15 bits per heavy atom. The van der Waals surface area contributed by atoms with Crippen molar-refractivity contribution in [2.75, 3.05) is 13.1 Å². The molecule has 5 nitrogen and oxygen atoms in total. The first-order chi connectivity index (χ1) is 16.0. The van der Waals surface area contributed by atoms with Gasteiger partial charge in [-0.2, -0.15) is 0 Å². The second kappa shape index (κ2) is 9.23. The zero-order chi connectivity index (χ0) is 22.9. The third kappa shape index (κ3) is 4.52. The van der Waals surface area contributed by atoms with Crippen LogP contribution in [0.5, 0.6) is 0 Å². The lowest BCUT2D eigenvalue weighted by Gasteiger charge is -2.39. The van der Waals surface area contributed by atoms with Crippen LogP contribution in [0.25, 0.3) is 26.4 Å². The number of thiazole rings is 1. The van der Waals surface area contributed by atoms with E-state index >= 15 is 0 Å². The molecule has 5 rings (SSSR count). The van der Waals surface area contributed by atoms with Crippen LogP contribution in [0.15, 0.2) is 48.7 Å². The van der Waals surface area contributed by atoms with E-state index in [0.717, 1.165) is 39.4 Å². The number of nitrogens with zero attached hydrogens (tertiary/aromatic N) is 3. The van der Waals surface area contributed by atoms with Crippen LogP contribution in [0.2, 0.25) is 0 Å². The lowest BCUT2D eigenvalue weighted by atomic mass is 9.97. The zero-order valence-electron chi connectivity index (χ0n) is 19.1. The van der Waals surface area contributed by atoms with E-state index in [9.17, 15) is 9.18 Å². The van der Waals surface area contributed by atoms with Crippen molar-refractivity contribution in [2.45, 2.75) is 51.6 Å². The summed E-state index contributed by atoms with van der Waals surface area (Å²) in [7, 11) is 0. The number of hydrogen-bond acceptors (Lipinski definition) is 4. The number of carbonyl (C=O) groups excluding carboxylic acids is 1. The van der Waals surface area contributed by atoms with Crippen LogP contribution < -0.4 is 5.32 Å². The normalized spacial score (nSPS) is 19.4.